The van der Waals surface area contributed by atoms with Crippen molar-refractivity contribution in [1.29, 1.82) is 0 Å². The summed E-state index contributed by atoms with van der Waals surface area (Å²) in [5.41, 5.74) is 4.19. The molecule has 2 N–H and O–H groups in total. The lowest BCUT2D eigenvalue weighted by molar-refractivity contribution is -0.128. The van der Waals surface area contributed by atoms with Gasteiger partial charge in [-0.25, -0.2) is 4.68 Å². The van der Waals surface area contributed by atoms with Gasteiger partial charge in [-0.3, -0.25) is 14.5 Å². The smallest absolute Gasteiger partial charge is 0.249 e. The van der Waals surface area contributed by atoms with Crippen molar-refractivity contribution in [3.05, 3.63) is 83.4 Å². The average Bonchev–Trinajstić information content (AvgIpc) is 3.27. The van der Waals surface area contributed by atoms with Crippen LogP contribution in [-0.4, -0.2) is 37.5 Å². The molecule has 1 aromatic heterocycles. The molecule has 4 aromatic rings. The lowest BCUT2D eigenvalue weighted by Crippen LogP contribution is -2.51. The first-order valence-electron chi connectivity index (χ1n) is 12.4. The van der Waals surface area contributed by atoms with Crippen LogP contribution in [-0.2, 0) is 16.1 Å². The van der Waals surface area contributed by atoms with Crippen molar-refractivity contribution in [3.63, 3.8) is 0 Å². The van der Waals surface area contributed by atoms with Gasteiger partial charge < -0.3 is 10.4 Å². The van der Waals surface area contributed by atoms with Crippen molar-refractivity contribution in [2.75, 3.05) is 4.90 Å². The van der Waals surface area contributed by atoms with E-state index in [1.165, 1.54) is 17.0 Å². The molecule has 0 aliphatic heterocycles. The maximum Gasteiger partial charge on any atom is 0.249 e. The largest absolute Gasteiger partial charge is 0.508 e. The Balaban J connectivity index is 1.84. The number of nitrogens with zero attached hydrogens (tertiary/aromatic N) is 4. The Morgan fingerprint density at radius 2 is 1.73 bits per heavy atom. The van der Waals surface area contributed by atoms with E-state index in [9.17, 15) is 14.7 Å². The van der Waals surface area contributed by atoms with Gasteiger partial charge in [0, 0.05) is 11.2 Å². The summed E-state index contributed by atoms with van der Waals surface area (Å²) >= 11 is 0. The molecule has 0 spiro atoms. The van der Waals surface area contributed by atoms with Crippen LogP contribution in [0.4, 0.5) is 5.69 Å². The van der Waals surface area contributed by atoms with Gasteiger partial charge in [0.2, 0.25) is 11.8 Å². The number of benzene rings is 3. The molecule has 0 unspecified atom stereocenters. The number of aromatic nitrogens is 3. The van der Waals surface area contributed by atoms with Gasteiger partial charge in [-0.2, -0.15) is 0 Å². The van der Waals surface area contributed by atoms with Crippen molar-refractivity contribution in [3.8, 4) is 5.75 Å². The van der Waals surface area contributed by atoms with Crippen LogP contribution in [0.5, 0.6) is 5.75 Å². The number of phenols is 1. The highest BCUT2D eigenvalue weighted by Gasteiger charge is 2.35. The molecule has 4 rings (SSSR count). The van der Waals surface area contributed by atoms with E-state index in [0.29, 0.717) is 23.2 Å². The van der Waals surface area contributed by atoms with Crippen molar-refractivity contribution >= 4 is 28.5 Å². The second-order valence-corrected chi connectivity index (χ2v) is 9.99. The summed E-state index contributed by atoms with van der Waals surface area (Å²) in [6.07, 6.45) is 0.712. The fourth-order valence-electron chi connectivity index (χ4n) is 4.12. The Hall–Kier alpha value is -4.20. The SMILES string of the molecule is CCC(C)(C)NC(=O)[C@@H](c1ccc(O)cc1)N(C(=O)Cn1nnc2ccccc21)c1ccc(C)c(C)c1. The number of aryl methyl sites for hydroxylation is 2. The Kier molecular flexibility index (Phi) is 7.29. The molecule has 0 aliphatic rings. The van der Waals surface area contributed by atoms with Crippen LogP contribution in [0, 0.1) is 13.8 Å². The number of hydrogen-bond donors (Lipinski definition) is 2. The van der Waals surface area contributed by atoms with Gasteiger partial charge in [0.05, 0.1) is 5.52 Å². The monoisotopic (exact) mass is 499 g/mol. The number of carbonyl (C=O) groups excluding carboxylic acids is 2. The number of hydrogen-bond acceptors (Lipinski definition) is 5. The topological polar surface area (TPSA) is 100 Å². The number of amides is 2. The highest BCUT2D eigenvalue weighted by Crippen LogP contribution is 2.31. The van der Waals surface area contributed by atoms with E-state index in [-0.39, 0.29) is 24.1 Å². The third kappa shape index (κ3) is 5.63. The summed E-state index contributed by atoms with van der Waals surface area (Å²) in [7, 11) is 0. The van der Waals surface area contributed by atoms with Crippen LogP contribution in [0.25, 0.3) is 11.0 Å². The average molecular weight is 500 g/mol. The predicted octanol–water partition coefficient (Wildman–Crippen LogP) is 4.83. The first kappa shape index (κ1) is 25.9. The molecule has 0 bridgehead atoms. The molecule has 3 aromatic carbocycles. The Morgan fingerprint density at radius 1 is 1.03 bits per heavy atom. The Morgan fingerprint density at radius 3 is 2.41 bits per heavy atom. The standard InChI is InChI=1S/C29H33N5O3/c1-6-29(4,5)30-28(37)27(21-12-15-23(35)16-13-21)34(22-14-11-19(2)20(3)17-22)26(36)18-33-25-10-8-7-9-24(25)31-32-33/h7-17,27,35H,6,18H2,1-5H3,(H,30,37)/t27-/m1/s1. The molecule has 0 radical (unpaired) electrons. The molecular formula is C29H33N5O3. The first-order chi connectivity index (χ1) is 17.6. The fourth-order valence-corrected chi connectivity index (χ4v) is 4.12. The molecule has 192 valence electrons. The predicted molar refractivity (Wildman–Crippen MR) is 144 cm³/mol. The molecule has 8 heteroatoms. The van der Waals surface area contributed by atoms with Gasteiger partial charge in [-0.05, 0) is 87.2 Å². The molecule has 0 saturated carbocycles. The number of phenolic OH excluding ortho intramolecular Hbond substituents is 1. The van der Waals surface area contributed by atoms with Gasteiger partial charge >= 0.3 is 0 Å². The highest BCUT2D eigenvalue weighted by molar-refractivity contribution is 6.01. The number of aromatic hydroxyl groups is 1. The normalized spacial score (nSPS) is 12.4. The van der Waals surface area contributed by atoms with Crippen LogP contribution in [0.2, 0.25) is 0 Å². The summed E-state index contributed by atoms with van der Waals surface area (Å²) in [6.45, 7) is 9.76. The van der Waals surface area contributed by atoms with Crippen molar-refractivity contribution < 1.29 is 14.7 Å². The third-order valence-electron chi connectivity index (χ3n) is 6.80. The van der Waals surface area contributed by atoms with Gasteiger partial charge in [-0.15, -0.1) is 5.10 Å². The summed E-state index contributed by atoms with van der Waals surface area (Å²) < 4.78 is 1.55. The van der Waals surface area contributed by atoms with Crippen LogP contribution in [0.3, 0.4) is 0 Å². The summed E-state index contributed by atoms with van der Waals surface area (Å²) in [6, 6.07) is 18.6. The van der Waals surface area contributed by atoms with E-state index in [1.807, 2.05) is 77.1 Å². The Bertz CT molecular complexity index is 1430. The van der Waals surface area contributed by atoms with E-state index < -0.39 is 11.6 Å². The van der Waals surface area contributed by atoms with Gasteiger partial charge in [0.15, 0.2) is 0 Å². The number of fused-ring (bicyclic) bond motifs is 1. The molecule has 1 heterocycles. The zero-order chi connectivity index (χ0) is 26.7. The summed E-state index contributed by atoms with van der Waals surface area (Å²) in [5, 5.41) is 21.4. The van der Waals surface area contributed by atoms with E-state index in [4.69, 9.17) is 0 Å². The van der Waals surface area contributed by atoms with E-state index in [1.54, 1.807) is 16.8 Å². The molecule has 0 aliphatic carbocycles. The number of anilines is 1. The number of nitrogens with one attached hydrogen (secondary N) is 1. The van der Waals surface area contributed by atoms with Crippen molar-refractivity contribution in [2.45, 2.75) is 59.2 Å². The first-order valence-corrected chi connectivity index (χ1v) is 12.4. The van der Waals surface area contributed by atoms with Crippen LogP contribution >= 0.6 is 0 Å². The number of carbonyl (C=O) groups is 2. The van der Waals surface area contributed by atoms with E-state index in [0.717, 1.165) is 16.6 Å². The van der Waals surface area contributed by atoms with Gasteiger partial charge in [0.1, 0.15) is 23.9 Å². The minimum Gasteiger partial charge on any atom is -0.508 e. The number of para-hydroxylation sites is 1. The summed E-state index contributed by atoms with van der Waals surface area (Å²) in [5.74, 6) is -0.552. The zero-order valence-electron chi connectivity index (χ0n) is 21.9. The zero-order valence-corrected chi connectivity index (χ0v) is 21.9. The third-order valence-corrected chi connectivity index (χ3v) is 6.80. The van der Waals surface area contributed by atoms with Crippen LogP contribution in [0.1, 0.15) is 49.9 Å². The van der Waals surface area contributed by atoms with Crippen molar-refractivity contribution in [1.82, 2.24) is 20.3 Å². The van der Waals surface area contributed by atoms with E-state index >= 15 is 0 Å². The number of rotatable bonds is 8. The van der Waals surface area contributed by atoms with Gasteiger partial charge in [0.25, 0.3) is 0 Å². The molecule has 0 saturated heterocycles. The maximum absolute atomic E-state index is 14.1. The van der Waals surface area contributed by atoms with Gasteiger partial charge in [-0.1, -0.05) is 42.5 Å². The lowest BCUT2D eigenvalue weighted by atomic mass is 9.97. The van der Waals surface area contributed by atoms with Crippen LogP contribution in [0.15, 0.2) is 66.7 Å². The quantitative estimate of drug-likeness (QED) is 0.362. The molecular weight excluding hydrogens is 466 g/mol. The second-order valence-electron chi connectivity index (χ2n) is 9.99. The summed E-state index contributed by atoms with van der Waals surface area (Å²) in [4.78, 5) is 29.5. The minimum absolute atomic E-state index is 0.0786. The fraction of sp³-hybridized carbons (Fsp3) is 0.310. The molecule has 1 atom stereocenters. The molecule has 37 heavy (non-hydrogen) atoms. The van der Waals surface area contributed by atoms with Crippen molar-refractivity contribution in [2.24, 2.45) is 0 Å². The maximum atomic E-state index is 14.1. The van der Waals surface area contributed by atoms with E-state index in [2.05, 4.69) is 15.6 Å². The Labute approximate surface area is 216 Å². The lowest BCUT2D eigenvalue weighted by Gasteiger charge is -2.35. The second kappa shape index (κ2) is 10.4. The molecule has 2 amide bonds. The molecule has 8 nitrogen and oxygen atoms in total. The van der Waals surface area contributed by atoms with Crippen LogP contribution < -0.4 is 10.2 Å². The minimum atomic E-state index is -0.976. The molecule has 0 fully saturated rings. The highest BCUT2D eigenvalue weighted by atomic mass is 16.3.